The predicted octanol–water partition coefficient (Wildman–Crippen LogP) is 3.65. The Balaban J connectivity index is 1.80. The summed E-state index contributed by atoms with van der Waals surface area (Å²) in [5.74, 6) is -0.839. The van der Waals surface area contributed by atoms with Crippen LogP contribution in [0.1, 0.15) is 20.0 Å². The zero-order valence-corrected chi connectivity index (χ0v) is 13.0. The monoisotopic (exact) mass is 328 g/mol. The highest BCUT2D eigenvalue weighted by molar-refractivity contribution is 7.20. The van der Waals surface area contributed by atoms with Crippen molar-refractivity contribution in [3.63, 3.8) is 0 Å². The minimum atomic E-state index is -0.340. The Morgan fingerprint density at radius 1 is 1.04 bits per heavy atom. The number of benzene rings is 2. The average Bonchev–Trinajstić information content (AvgIpc) is 3.00. The van der Waals surface area contributed by atoms with Crippen molar-refractivity contribution in [2.75, 3.05) is 12.4 Å². The van der Waals surface area contributed by atoms with Crippen LogP contribution in [0.2, 0.25) is 0 Å². The largest absolute Gasteiger partial charge is 0.355 e. The molecule has 2 amide bonds. The molecule has 2 aromatic carbocycles. The molecule has 0 saturated carbocycles. The summed E-state index contributed by atoms with van der Waals surface area (Å²) < 4.78 is 14.4. The van der Waals surface area contributed by atoms with Crippen molar-refractivity contribution in [1.82, 2.24) is 5.32 Å². The lowest BCUT2D eigenvalue weighted by Gasteiger charge is -2.04. The van der Waals surface area contributed by atoms with E-state index in [9.17, 15) is 14.0 Å². The Hall–Kier alpha value is -2.73. The summed E-state index contributed by atoms with van der Waals surface area (Å²) in [6, 6.07) is 12.9. The van der Waals surface area contributed by atoms with E-state index in [2.05, 4.69) is 10.6 Å². The maximum absolute atomic E-state index is 13.7. The molecule has 23 heavy (non-hydrogen) atoms. The van der Waals surface area contributed by atoms with E-state index in [4.69, 9.17) is 0 Å². The lowest BCUT2D eigenvalue weighted by atomic mass is 10.2. The van der Waals surface area contributed by atoms with E-state index < -0.39 is 0 Å². The Morgan fingerprint density at radius 2 is 1.78 bits per heavy atom. The van der Waals surface area contributed by atoms with Crippen LogP contribution in [0.25, 0.3) is 10.1 Å². The molecule has 0 bridgehead atoms. The second-order valence-corrected chi connectivity index (χ2v) is 5.96. The van der Waals surface area contributed by atoms with E-state index in [0.29, 0.717) is 21.5 Å². The van der Waals surface area contributed by atoms with Gasteiger partial charge in [-0.1, -0.05) is 6.07 Å². The van der Waals surface area contributed by atoms with Crippen molar-refractivity contribution in [2.24, 2.45) is 0 Å². The lowest BCUT2D eigenvalue weighted by Crippen LogP contribution is -2.17. The molecule has 0 fully saturated rings. The fraction of sp³-hybridized carbons (Fsp3) is 0.0588. The Bertz CT molecular complexity index is 887. The molecule has 116 valence electrons. The lowest BCUT2D eigenvalue weighted by molar-refractivity contribution is 0.0962. The number of fused-ring (bicyclic) bond motifs is 1. The predicted molar refractivity (Wildman–Crippen MR) is 89.6 cm³/mol. The first-order valence-electron chi connectivity index (χ1n) is 6.90. The molecule has 0 unspecified atom stereocenters. The Morgan fingerprint density at radius 3 is 2.43 bits per heavy atom. The van der Waals surface area contributed by atoms with Gasteiger partial charge in [0, 0.05) is 28.4 Å². The van der Waals surface area contributed by atoms with Gasteiger partial charge >= 0.3 is 0 Å². The average molecular weight is 328 g/mol. The Kier molecular flexibility index (Phi) is 4.08. The number of halogens is 1. The molecule has 0 spiro atoms. The zero-order valence-electron chi connectivity index (χ0n) is 12.2. The van der Waals surface area contributed by atoms with Crippen LogP contribution in [0.4, 0.5) is 10.1 Å². The first kappa shape index (κ1) is 15.2. The van der Waals surface area contributed by atoms with Gasteiger partial charge in [-0.05, 0) is 42.5 Å². The van der Waals surface area contributed by atoms with Crippen LogP contribution in [-0.4, -0.2) is 18.9 Å². The number of rotatable bonds is 3. The van der Waals surface area contributed by atoms with E-state index >= 15 is 0 Å². The standard InChI is InChI=1S/C17H13FN2O2S/c1-19-16(21)10-5-7-11(8-6-10)20-17(22)15-9-12-13(18)3-2-4-14(12)23-15/h2-9H,1H3,(H,19,21)(H,20,22). The number of anilines is 1. The molecular weight excluding hydrogens is 315 g/mol. The quantitative estimate of drug-likeness (QED) is 0.771. The van der Waals surface area contributed by atoms with Crippen molar-refractivity contribution < 1.29 is 14.0 Å². The molecule has 0 aliphatic heterocycles. The fourth-order valence-corrected chi connectivity index (χ4v) is 3.15. The van der Waals surface area contributed by atoms with Crippen molar-refractivity contribution in [2.45, 2.75) is 0 Å². The van der Waals surface area contributed by atoms with Crippen molar-refractivity contribution in [3.8, 4) is 0 Å². The third-order valence-corrected chi connectivity index (χ3v) is 4.46. The van der Waals surface area contributed by atoms with Crippen LogP contribution in [0.5, 0.6) is 0 Å². The topological polar surface area (TPSA) is 58.2 Å². The molecule has 1 aromatic heterocycles. The summed E-state index contributed by atoms with van der Waals surface area (Å²) in [6.45, 7) is 0. The highest BCUT2D eigenvalue weighted by Gasteiger charge is 2.13. The molecule has 0 aliphatic rings. The molecule has 3 rings (SSSR count). The number of hydrogen-bond donors (Lipinski definition) is 2. The van der Waals surface area contributed by atoms with Crippen LogP contribution in [0.3, 0.4) is 0 Å². The summed E-state index contributed by atoms with van der Waals surface area (Å²) in [6.07, 6.45) is 0. The van der Waals surface area contributed by atoms with Crippen LogP contribution in [0, 0.1) is 5.82 Å². The molecule has 0 radical (unpaired) electrons. The third-order valence-electron chi connectivity index (χ3n) is 3.36. The highest BCUT2D eigenvalue weighted by atomic mass is 32.1. The van der Waals surface area contributed by atoms with Crippen molar-refractivity contribution in [3.05, 3.63) is 64.8 Å². The van der Waals surface area contributed by atoms with Crippen molar-refractivity contribution >= 4 is 38.9 Å². The second kappa shape index (κ2) is 6.18. The molecule has 2 N–H and O–H groups in total. The smallest absolute Gasteiger partial charge is 0.265 e. The number of amides is 2. The summed E-state index contributed by atoms with van der Waals surface area (Å²) in [5, 5.41) is 5.71. The normalized spacial score (nSPS) is 10.5. The summed E-state index contributed by atoms with van der Waals surface area (Å²) in [5.41, 5.74) is 1.08. The number of nitrogens with one attached hydrogen (secondary N) is 2. The van der Waals surface area contributed by atoms with E-state index in [-0.39, 0.29) is 17.6 Å². The molecule has 0 aliphatic carbocycles. The highest BCUT2D eigenvalue weighted by Crippen LogP contribution is 2.28. The third kappa shape index (κ3) is 3.07. The molecule has 1 heterocycles. The molecule has 0 saturated heterocycles. The maximum atomic E-state index is 13.7. The van der Waals surface area contributed by atoms with E-state index in [0.717, 1.165) is 4.70 Å². The minimum Gasteiger partial charge on any atom is -0.355 e. The summed E-state index contributed by atoms with van der Waals surface area (Å²) in [4.78, 5) is 24.2. The minimum absolute atomic E-state index is 0.192. The zero-order chi connectivity index (χ0) is 16.4. The van der Waals surface area contributed by atoms with Gasteiger partial charge in [-0.3, -0.25) is 9.59 Å². The van der Waals surface area contributed by atoms with Crippen molar-refractivity contribution in [1.29, 1.82) is 0 Å². The molecule has 4 nitrogen and oxygen atoms in total. The number of thiophene rings is 1. The van der Waals surface area contributed by atoms with Crippen LogP contribution >= 0.6 is 11.3 Å². The van der Waals surface area contributed by atoms with Gasteiger partial charge in [0.15, 0.2) is 0 Å². The van der Waals surface area contributed by atoms with Gasteiger partial charge in [0.25, 0.3) is 11.8 Å². The van der Waals surface area contributed by atoms with Gasteiger partial charge in [-0.15, -0.1) is 11.3 Å². The van der Waals surface area contributed by atoms with Crippen LogP contribution in [0.15, 0.2) is 48.5 Å². The summed E-state index contributed by atoms with van der Waals surface area (Å²) >= 11 is 1.23. The van der Waals surface area contributed by atoms with Gasteiger partial charge < -0.3 is 10.6 Å². The SMILES string of the molecule is CNC(=O)c1ccc(NC(=O)c2cc3c(F)cccc3s2)cc1. The Labute approximate surface area is 135 Å². The molecule has 3 aromatic rings. The summed E-state index contributed by atoms with van der Waals surface area (Å²) in [7, 11) is 1.55. The molecule has 0 atom stereocenters. The fourth-order valence-electron chi connectivity index (χ4n) is 2.18. The van der Waals surface area contributed by atoms with Crippen LogP contribution in [-0.2, 0) is 0 Å². The van der Waals surface area contributed by atoms with Gasteiger partial charge in [0.1, 0.15) is 5.82 Å². The van der Waals surface area contributed by atoms with Crippen LogP contribution < -0.4 is 10.6 Å². The maximum Gasteiger partial charge on any atom is 0.265 e. The number of carbonyl (C=O) groups is 2. The molecule has 6 heteroatoms. The van der Waals surface area contributed by atoms with Gasteiger partial charge in [0.05, 0.1) is 4.88 Å². The first-order valence-corrected chi connectivity index (χ1v) is 7.71. The number of carbonyl (C=O) groups excluding carboxylic acids is 2. The van der Waals surface area contributed by atoms with E-state index in [1.165, 1.54) is 17.4 Å². The van der Waals surface area contributed by atoms with Gasteiger partial charge in [-0.2, -0.15) is 0 Å². The molecular formula is C17H13FN2O2S. The number of hydrogen-bond acceptors (Lipinski definition) is 3. The van der Waals surface area contributed by atoms with E-state index in [1.54, 1.807) is 49.5 Å². The van der Waals surface area contributed by atoms with Gasteiger partial charge in [0.2, 0.25) is 0 Å². The second-order valence-electron chi connectivity index (χ2n) is 4.87. The van der Waals surface area contributed by atoms with E-state index in [1.807, 2.05) is 0 Å². The van der Waals surface area contributed by atoms with Gasteiger partial charge in [-0.25, -0.2) is 4.39 Å². The first-order chi connectivity index (χ1) is 11.1.